The summed E-state index contributed by atoms with van der Waals surface area (Å²) >= 11 is 3.59. The number of anilines is 1. The number of halogens is 1. The van der Waals surface area contributed by atoms with Crippen LogP contribution in [0.5, 0.6) is 0 Å². The van der Waals surface area contributed by atoms with Crippen molar-refractivity contribution in [2.75, 3.05) is 5.32 Å². The molecular formula is C16H15BrN2O2. The van der Waals surface area contributed by atoms with Crippen LogP contribution in [0.15, 0.2) is 40.9 Å². The smallest absolute Gasteiger partial charge is 0.271 e. The van der Waals surface area contributed by atoms with Crippen LogP contribution in [0.1, 0.15) is 29.2 Å². The Morgan fingerprint density at radius 3 is 2.90 bits per heavy atom. The fourth-order valence-electron chi connectivity index (χ4n) is 2.83. The van der Waals surface area contributed by atoms with Gasteiger partial charge in [0.15, 0.2) is 0 Å². The monoisotopic (exact) mass is 346 g/mol. The average Bonchev–Trinajstić information content (AvgIpc) is 2.86. The van der Waals surface area contributed by atoms with E-state index in [1.165, 1.54) is 11.1 Å². The third-order valence-electron chi connectivity index (χ3n) is 3.98. The molecule has 1 unspecified atom stereocenters. The van der Waals surface area contributed by atoms with Gasteiger partial charge >= 0.3 is 0 Å². The summed E-state index contributed by atoms with van der Waals surface area (Å²) in [6.07, 6.45) is 2.02. The minimum Gasteiger partial charge on any atom is -0.378 e. The van der Waals surface area contributed by atoms with Crippen LogP contribution in [0.4, 0.5) is 11.4 Å². The number of benzene rings is 2. The van der Waals surface area contributed by atoms with Crippen LogP contribution in [0.2, 0.25) is 0 Å². The molecule has 0 saturated carbocycles. The molecule has 0 radical (unpaired) electrons. The molecule has 108 valence electrons. The molecule has 21 heavy (non-hydrogen) atoms. The molecule has 0 amide bonds. The lowest BCUT2D eigenvalue weighted by molar-refractivity contribution is -0.384. The van der Waals surface area contributed by atoms with Crippen LogP contribution in [-0.4, -0.2) is 4.92 Å². The summed E-state index contributed by atoms with van der Waals surface area (Å²) < 4.78 is 1.14. The fraction of sp³-hybridized carbons (Fsp3) is 0.250. The van der Waals surface area contributed by atoms with Crippen molar-refractivity contribution in [3.63, 3.8) is 0 Å². The topological polar surface area (TPSA) is 55.2 Å². The van der Waals surface area contributed by atoms with Crippen molar-refractivity contribution in [3.8, 4) is 0 Å². The van der Waals surface area contributed by atoms with Crippen molar-refractivity contribution in [3.05, 3.63) is 67.7 Å². The zero-order chi connectivity index (χ0) is 15.0. The molecule has 1 N–H and O–H groups in total. The van der Waals surface area contributed by atoms with Gasteiger partial charge in [-0.1, -0.05) is 34.1 Å². The second kappa shape index (κ2) is 5.48. The molecule has 2 aromatic carbocycles. The van der Waals surface area contributed by atoms with E-state index in [4.69, 9.17) is 0 Å². The zero-order valence-electron chi connectivity index (χ0n) is 11.6. The van der Waals surface area contributed by atoms with Crippen LogP contribution in [0.25, 0.3) is 0 Å². The molecule has 2 aromatic rings. The first-order valence-electron chi connectivity index (χ1n) is 6.85. The second-order valence-corrected chi connectivity index (χ2v) is 6.15. The molecule has 1 atom stereocenters. The number of non-ortho nitro benzene ring substituents is 1. The average molecular weight is 347 g/mol. The molecule has 1 aliphatic rings. The summed E-state index contributed by atoms with van der Waals surface area (Å²) in [5.74, 6) is 0. The summed E-state index contributed by atoms with van der Waals surface area (Å²) in [7, 11) is 0. The van der Waals surface area contributed by atoms with E-state index in [2.05, 4.69) is 33.4 Å². The molecule has 0 saturated heterocycles. The highest BCUT2D eigenvalue weighted by molar-refractivity contribution is 9.10. The maximum Gasteiger partial charge on any atom is 0.271 e. The number of hydrogen-bond donors (Lipinski definition) is 1. The number of nitro groups is 1. The van der Waals surface area contributed by atoms with E-state index in [-0.39, 0.29) is 16.7 Å². The molecule has 3 rings (SSSR count). The minimum absolute atomic E-state index is 0.121. The molecule has 0 spiro atoms. The predicted octanol–water partition coefficient (Wildman–Crippen LogP) is 4.77. The third-order valence-corrected chi connectivity index (χ3v) is 4.72. The van der Waals surface area contributed by atoms with Crippen molar-refractivity contribution in [1.82, 2.24) is 0 Å². The highest BCUT2D eigenvalue weighted by atomic mass is 79.9. The minimum atomic E-state index is -0.357. The molecular weight excluding hydrogens is 332 g/mol. The quantitative estimate of drug-likeness (QED) is 0.643. The van der Waals surface area contributed by atoms with Gasteiger partial charge in [-0.05, 0) is 42.5 Å². The van der Waals surface area contributed by atoms with E-state index in [0.29, 0.717) is 0 Å². The van der Waals surface area contributed by atoms with Gasteiger partial charge in [0.1, 0.15) is 0 Å². The first-order valence-corrected chi connectivity index (χ1v) is 7.64. The molecule has 1 aliphatic carbocycles. The van der Waals surface area contributed by atoms with Gasteiger partial charge in [-0.3, -0.25) is 10.1 Å². The maximum absolute atomic E-state index is 10.9. The summed E-state index contributed by atoms with van der Waals surface area (Å²) in [4.78, 5) is 10.6. The third kappa shape index (κ3) is 2.65. The molecule has 0 bridgehead atoms. The van der Waals surface area contributed by atoms with Crippen LogP contribution in [0, 0.1) is 17.0 Å². The Kier molecular flexibility index (Phi) is 3.68. The standard InChI is InChI=1S/C16H15BrN2O2/c1-10-5-6-11(19(20)21)9-16(10)18-15-8-7-12-13(15)3-2-4-14(12)17/h2-6,9,15,18H,7-8H2,1H3. The Labute approximate surface area is 131 Å². The SMILES string of the molecule is Cc1ccc([N+](=O)[O-])cc1NC1CCc2c(Br)cccc21. The van der Waals surface area contributed by atoms with Crippen LogP contribution in [-0.2, 0) is 6.42 Å². The van der Waals surface area contributed by atoms with Gasteiger partial charge in [-0.15, -0.1) is 0 Å². The lowest BCUT2D eigenvalue weighted by Gasteiger charge is -2.17. The Morgan fingerprint density at radius 1 is 1.33 bits per heavy atom. The lowest BCUT2D eigenvalue weighted by atomic mass is 10.1. The summed E-state index contributed by atoms with van der Waals surface area (Å²) in [6, 6.07) is 11.4. The fourth-order valence-corrected chi connectivity index (χ4v) is 3.41. The van der Waals surface area contributed by atoms with Gasteiger partial charge in [0.2, 0.25) is 0 Å². The Bertz CT molecular complexity index is 715. The van der Waals surface area contributed by atoms with E-state index in [1.807, 2.05) is 13.0 Å². The normalized spacial score (nSPS) is 16.6. The first kappa shape index (κ1) is 14.1. The largest absolute Gasteiger partial charge is 0.378 e. The van der Waals surface area contributed by atoms with E-state index >= 15 is 0 Å². The Hall–Kier alpha value is -1.88. The van der Waals surface area contributed by atoms with Crippen molar-refractivity contribution in [2.45, 2.75) is 25.8 Å². The van der Waals surface area contributed by atoms with Gasteiger partial charge in [0.25, 0.3) is 5.69 Å². The van der Waals surface area contributed by atoms with Crippen molar-refractivity contribution in [2.24, 2.45) is 0 Å². The van der Waals surface area contributed by atoms with Gasteiger partial charge in [0.05, 0.1) is 11.0 Å². The number of fused-ring (bicyclic) bond motifs is 1. The van der Waals surface area contributed by atoms with Gasteiger partial charge < -0.3 is 5.32 Å². The molecule has 5 heteroatoms. The van der Waals surface area contributed by atoms with Crippen LogP contribution in [0.3, 0.4) is 0 Å². The van der Waals surface area contributed by atoms with Crippen molar-refractivity contribution < 1.29 is 4.92 Å². The van der Waals surface area contributed by atoms with E-state index in [0.717, 1.165) is 28.6 Å². The van der Waals surface area contributed by atoms with E-state index in [9.17, 15) is 10.1 Å². The number of rotatable bonds is 3. The number of hydrogen-bond acceptors (Lipinski definition) is 3. The predicted molar refractivity (Wildman–Crippen MR) is 86.7 cm³/mol. The van der Waals surface area contributed by atoms with Crippen LogP contribution >= 0.6 is 15.9 Å². The Morgan fingerprint density at radius 2 is 2.14 bits per heavy atom. The summed E-state index contributed by atoms with van der Waals surface area (Å²) in [6.45, 7) is 1.96. The van der Waals surface area contributed by atoms with Gasteiger partial charge in [0, 0.05) is 22.3 Å². The first-order chi connectivity index (χ1) is 10.1. The summed E-state index contributed by atoms with van der Waals surface area (Å²) in [5.41, 5.74) is 4.58. The molecule has 0 aliphatic heterocycles. The number of nitro benzene ring substituents is 1. The van der Waals surface area contributed by atoms with Gasteiger partial charge in [-0.25, -0.2) is 0 Å². The lowest BCUT2D eigenvalue weighted by Crippen LogP contribution is -2.08. The van der Waals surface area contributed by atoms with E-state index < -0.39 is 0 Å². The second-order valence-electron chi connectivity index (χ2n) is 5.30. The maximum atomic E-state index is 10.9. The highest BCUT2D eigenvalue weighted by Crippen LogP contribution is 2.38. The Balaban J connectivity index is 1.91. The zero-order valence-corrected chi connectivity index (χ0v) is 13.2. The molecule has 0 heterocycles. The van der Waals surface area contributed by atoms with E-state index in [1.54, 1.807) is 18.2 Å². The molecule has 4 nitrogen and oxygen atoms in total. The highest BCUT2D eigenvalue weighted by Gasteiger charge is 2.24. The number of nitrogens with one attached hydrogen (secondary N) is 1. The number of aryl methyl sites for hydroxylation is 1. The molecule has 0 aromatic heterocycles. The van der Waals surface area contributed by atoms with Crippen LogP contribution < -0.4 is 5.32 Å². The molecule has 0 fully saturated rings. The number of nitrogens with zero attached hydrogens (tertiary/aromatic N) is 1. The summed E-state index contributed by atoms with van der Waals surface area (Å²) in [5, 5.41) is 14.4. The van der Waals surface area contributed by atoms with Crippen molar-refractivity contribution >= 4 is 27.3 Å². The van der Waals surface area contributed by atoms with Gasteiger partial charge in [-0.2, -0.15) is 0 Å². The van der Waals surface area contributed by atoms with Crippen molar-refractivity contribution in [1.29, 1.82) is 0 Å².